The second-order valence-corrected chi connectivity index (χ2v) is 5.14. The Balaban J connectivity index is 5.53. The third kappa shape index (κ3) is 4.04. The van der Waals surface area contributed by atoms with Crippen LogP contribution in [0.5, 0.6) is 0 Å². The number of aliphatic hydroxyl groups excluding tert-OH is 1. The molecule has 0 rings (SSSR count). The van der Waals surface area contributed by atoms with E-state index in [4.69, 9.17) is 11.3 Å². The highest BCUT2D eigenvalue weighted by atomic mass is 19.3. The van der Waals surface area contributed by atoms with Gasteiger partial charge in [-0.2, -0.15) is 5.10 Å². The van der Waals surface area contributed by atoms with E-state index in [-0.39, 0.29) is 11.4 Å². The molecule has 0 bridgehead atoms. The molecule has 0 aromatic rings. The number of rotatable bonds is 6. The first-order valence-corrected chi connectivity index (χ1v) is 5.99. The van der Waals surface area contributed by atoms with E-state index < -0.39 is 17.1 Å². The molecule has 0 amide bonds. The van der Waals surface area contributed by atoms with E-state index in [1.807, 2.05) is 0 Å². The van der Waals surface area contributed by atoms with Crippen molar-refractivity contribution in [2.75, 3.05) is 0 Å². The zero-order valence-corrected chi connectivity index (χ0v) is 12.4. The van der Waals surface area contributed by atoms with Crippen molar-refractivity contribution in [1.82, 2.24) is 5.32 Å². The molecule has 20 heavy (non-hydrogen) atoms. The highest BCUT2D eigenvalue weighted by molar-refractivity contribution is 6.03. The summed E-state index contributed by atoms with van der Waals surface area (Å²) in [6.45, 7) is 6.42. The van der Waals surface area contributed by atoms with Crippen LogP contribution in [0.15, 0.2) is 28.3 Å². The van der Waals surface area contributed by atoms with Crippen molar-refractivity contribution in [2.24, 2.45) is 16.4 Å². The van der Waals surface area contributed by atoms with E-state index in [2.05, 4.69) is 10.4 Å². The first kappa shape index (κ1) is 18.1. The molecule has 0 aliphatic rings. The summed E-state index contributed by atoms with van der Waals surface area (Å²) >= 11 is 0. The largest absolute Gasteiger partial charge is 0.504 e. The molecular weight excluding hydrogens is 266 g/mol. The van der Waals surface area contributed by atoms with E-state index in [0.717, 1.165) is 13.1 Å². The Morgan fingerprint density at radius 2 is 1.80 bits per heavy atom. The van der Waals surface area contributed by atoms with Crippen LogP contribution >= 0.6 is 0 Å². The number of nitrogens with two attached hydrogens (primary N) is 1. The molecule has 0 aliphatic heterocycles. The molecular formula is C13H22F2N4O. The minimum absolute atomic E-state index is 0.215. The average Bonchev–Trinajstić information content (AvgIpc) is 2.34. The van der Waals surface area contributed by atoms with Crippen molar-refractivity contribution in [3.05, 3.63) is 23.2 Å². The quantitative estimate of drug-likeness (QED) is 0.262. The summed E-state index contributed by atoms with van der Waals surface area (Å²) in [5, 5.41) is 23.1. The third-order valence-electron chi connectivity index (χ3n) is 3.14. The van der Waals surface area contributed by atoms with E-state index in [9.17, 15) is 13.9 Å². The van der Waals surface area contributed by atoms with Crippen molar-refractivity contribution in [1.29, 1.82) is 5.41 Å². The normalized spacial score (nSPS) is 15.8. The van der Waals surface area contributed by atoms with Gasteiger partial charge in [0, 0.05) is 19.3 Å². The van der Waals surface area contributed by atoms with Crippen molar-refractivity contribution in [3.63, 3.8) is 0 Å². The smallest absolute Gasteiger partial charge is 0.256 e. The predicted octanol–water partition coefficient (Wildman–Crippen LogP) is 2.91. The van der Waals surface area contributed by atoms with Crippen LogP contribution in [0.25, 0.3) is 0 Å². The standard InChI is InChI=1S/C13H22F2N4O/c1-8(6-16)7-18-9(2)10(20)11(19-17)12(3,4)13(5,14)15/h6-7,16,18,20H,17H2,1-5H3/b8-7-,10-9-,16-6?,19-11+. The van der Waals surface area contributed by atoms with Crippen LogP contribution in [0.4, 0.5) is 8.78 Å². The maximum Gasteiger partial charge on any atom is 0.256 e. The second-order valence-electron chi connectivity index (χ2n) is 5.14. The Morgan fingerprint density at radius 1 is 1.30 bits per heavy atom. The number of hydrogen-bond acceptors (Lipinski definition) is 5. The van der Waals surface area contributed by atoms with E-state index in [0.29, 0.717) is 5.57 Å². The number of hydrogen-bond donors (Lipinski definition) is 4. The van der Waals surface area contributed by atoms with Crippen molar-refractivity contribution in [3.8, 4) is 0 Å². The lowest BCUT2D eigenvalue weighted by Crippen LogP contribution is -2.42. The fraction of sp³-hybridized carbons (Fsp3) is 0.538. The Morgan fingerprint density at radius 3 is 2.15 bits per heavy atom. The van der Waals surface area contributed by atoms with Gasteiger partial charge in [0.1, 0.15) is 5.71 Å². The molecule has 0 fully saturated rings. The third-order valence-corrected chi connectivity index (χ3v) is 3.14. The van der Waals surface area contributed by atoms with Gasteiger partial charge in [0.05, 0.1) is 11.1 Å². The van der Waals surface area contributed by atoms with Gasteiger partial charge in [0.2, 0.25) is 0 Å². The Labute approximate surface area is 117 Å². The van der Waals surface area contributed by atoms with Gasteiger partial charge in [-0.1, -0.05) is 0 Å². The molecule has 0 unspecified atom stereocenters. The summed E-state index contributed by atoms with van der Waals surface area (Å²) in [7, 11) is 0. The van der Waals surface area contributed by atoms with E-state index >= 15 is 0 Å². The van der Waals surface area contributed by atoms with Crippen LogP contribution in [0.1, 0.15) is 34.6 Å². The highest BCUT2D eigenvalue weighted by Gasteiger charge is 2.47. The van der Waals surface area contributed by atoms with Crippen LogP contribution in [0, 0.1) is 10.8 Å². The fourth-order valence-electron chi connectivity index (χ4n) is 1.24. The number of aliphatic hydroxyl groups is 1. The fourth-order valence-corrected chi connectivity index (χ4v) is 1.24. The first-order chi connectivity index (χ1) is 8.98. The second kappa shape index (κ2) is 6.49. The maximum absolute atomic E-state index is 13.6. The molecule has 0 aromatic carbocycles. The van der Waals surface area contributed by atoms with Crippen LogP contribution in [-0.4, -0.2) is 23.0 Å². The monoisotopic (exact) mass is 288 g/mol. The molecule has 0 radical (unpaired) electrons. The predicted molar refractivity (Wildman–Crippen MR) is 77.0 cm³/mol. The Bertz CT molecular complexity index is 459. The van der Waals surface area contributed by atoms with Crippen LogP contribution < -0.4 is 11.2 Å². The molecule has 0 aromatic heterocycles. The van der Waals surface area contributed by atoms with Gasteiger partial charge in [-0.05, 0) is 33.3 Å². The lowest BCUT2D eigenvalue weighted by Gasteiger charge is -2.32. The van der Waals surface area contributed by atoms with E-state index in [1.165, 1.54) is 27.0 Å². The van der Waals surface area contributed by atoms with Crippen LogP contribution in [0.2, 0.25) is 0 Å². The summed E-state index contributed by atoms with van der Waals surface area (Å²) < 4.78 is 27.2. The molecule has 0 spiro atoms. The van der Waals surface area contributed by atoms with Gasteiger partial charge in [-0.3, -0.25) is 0 Å². The van der Waals surface area contributed by atoms with Gasteiger partial charge >= 0.3 is 0 Å². The maximum atomic E-state index is 13.6. The molecule has 0 saturated carbocycles. The van der Waals surface area contributed by atoms with Crippen molar-refractivity contribution >= 4 is 11.9 Å². The molecule has 0 saturated heterocycles. The lowest BCUT2D eigenvalue weighted by molar-refractivity contribution is -0.0541. The molecule has 114 valence electrons. The first-order valence-electron chi connectivity index (χ1n) is 5.99. The minimum Gasteiger partial charge on any atom is -0.504 e. The molecule has 0 aliphatic carbocycles. The number of nitrogens with one attached hydrogen (secondary N) is 2. The Hall–Kier alpha value is -1.92. The summed E-state index contributed by atoms with van der Waals surface area (Å²) in [5.74, 6) is 1.61. The van der Waals surface area contributed by atoms with Crippen molar-refractivity contribution < 1.29 is 13.9 Å². The zero-order chi connectivity index (χ0) is 16.1. The van der Waals surface area contributed by atoms with Crippen LogP contribution in [-0.2, 0) is 0 Å². The zero-order valence-electron chi connectivity index (χ0n) is 12.4. The number of hydrazone groups is 1. The number of nitrogens with zero attached hydrogens (tertiary/aromatic N) is 1. The van der Waals surface area contributed by atoms with Gasteiger partial charge in [-0.15, -0.1) is 0 Å². The van der Waals surface area contributed by atoms with Gasteiger partial charge < -0.3 is 21.7 Å². The molecule has 5 N–H and O–H groups in total. The minimum atomic E-state index is -3.11. The lowest BCUT2D eigenvalue weighted by atomic mass is 9.80. The SMILES string of the molecule is C/C(C=N)=C/N/C(C)=C(O)/C(=N\N)C(C)(C)C(C)(F)F. The van der Waals surface area contributed by atoms with Gasteiger partial charge in [0.25, 0.3) is 5.92 Å². The van der Waals surface area contributed by atoms with Crippen LogP contribution in [0.3, 0.4) is 0 Å². The van der Waals surface area contributed by atoms with Gasteiger partial charge in [0.15, 0.2) is 5.76 Å². The Kier molecular flexibility index (Phi) is 5.87. The number of allylic oxidation sites excluding steroid dienone is 3. The molecule has 7 heteroatoms. The summed E-state index contributed by atoms with van der Waals surface area (Å²) in [5.41, 5.74) is -1.21. The highest BCUT2D eigenvalue weighted by Crippen LogP contribution is 2.38. The molecule has 0 heterocycles. The topological polar surface area (TPSA) is 94.5 Å². The summed E-state index contributed by atoms with van der Waals surface area (Å²) in [4.78, 5) is 0. The summed E-state index contributed by atoms with van der Waals surface area (Å²) in [6.07, 6.45) is 2.57. The number of halogens is 2. The average molecular weight is 288 g/mol. The summed E-state index contributed by atoms with van der Waals surface area (Å²) in [6, 6.07) is 0. The van der Waals surface area contributed by atoms with Crippen molar-refractivity contribution in [2.45, 2.75) is 40.5 Å². The molecule has 5 nitrogen and oxygen atoms in total. The van der Waals surface area contributed by atoms with E-state index in [1.54, 1.807) is 6.92 Å². The number of alkyl halides is 2. The molecule has 0 atom stereocenters. The van der Waals surface area contributed by atoms with Gasteiger partial charge in [-0.25, -0.2) is 8.78 Å².